The third-order valence-corrected chi connectivity index (χ3v) is 3.53. The van der Waals surface area contributed by atoms with Gasteiger partial charge in [0.15, 0.2) is 17.5 Å². The molecule has 0 aliphatic heterocycles. The summed E-state index contributed by atoms with van der Waals surface area (Å²) in [4.78, 5) is 4.36. The second-order valence-corrected chi connectivity index (χ2v) is 5.19. The monoisotopic (exact) mass is 329 g/mol. The average Bonchev–Trinajstić information content (AvgIpc) is 2.60. The van der Waals surface area contributed by atoms with E-state index in [0.29, 0.717) is 29.8 Å². The van der Waals surface area contributed by atoms with Crippen LogP contribution in [0.15, 0.2) is 41.4 Å². The zero-order valence-corrected chi connectivity index (χ0v) is 14.4. The minimum Gasteiger partial charge on any atom is -0.493 e. The molecule has 128 valence electrons. The molecule has 0 radical (unpaired) electrons. The van der Waals surface area contributed by atoms with Gasteiger partial charge in [-0.05, 0) is 31.2 Å². The molecule has 0 heterocycles. The van der Waals surface area contributed by atoms with E-state index < -0.39 is 0 Å². The van der Waals surface area contributed by atoms with E-state index in [-0.39, 0.29) is 0 Å². The molecule has 6 heteroatoms. The van der Waals surface area contributed by atoms with Crippen molar-refractivity contribution in [1.82, 2.24) is 0 Å². The van der Waals surface area contributed by atoms with Crippen molar-refractivity contribution in [2.24, 2.45) is 10.7 Å². The summed E-state index contributed by atoms with van der Waals surface area (Å²) in [5, 5.41) is 3.06. The molecule has 2 aromatic rings. The van der Waals surface area contributed by atoms with Crippen LogP contribution in [-0.4, -0.2) is 27.3 Å². The van der Waals surface area contributed by atoms with Crippen molar-refractivity contribution < 1.29 is 14.2 Å². The molecule has 0 atom stereocenters. The molecule has 0 amide bonds. The van der Waals surface area contributed by atoms with Crippen LogP contribution in [0, 0.1) is 6.92 Å². The number of methoxy groups -OCH3 is 3. The Morgan fingerprint density at radius 2 is 1.62 bits per heavy atom. The van der Waals surface area contributed by atoms with Gasteiger partial charge in [-0.2, -0.15) is 0 Å². The molecule has 0 aliphatic carbocycles. The lowest BCUT2D eigenvalue weighted by Gasteiger charge is -2.15. The fourth-order valence-electron chi connectivity index (χ4n) is 2.28. The number of nitrogens with zero attached hydrogens (tertiary/aromatic N) is 1. The third kappa shape index (κ3) is 4.10. The zero-order chi connectivity index (χ0) is 17.5. The van der Waals surface area contributed by atoms with Crippen molar-refractivity contribution in [1.29, 1.82) is 0 Å². The molecule has 2 rings (SSSR count). The van der Waals surface area contributed by atoms with Gasteiger partial charge in [-0.15, -0.1) is 0 Å². The minimum atomic E-state index is 0.329. The summed E-state index contributed by atoms with van der Waals surface area (Å²) in [6, 6.07) is 11.6. The number of hydrogen-bond donors (Lipinski definition) is 2. The number of hydrogen-bond acceptors (Lipinski definition) is 4. The van der Waals surface area contributed by atoms with Gasteiger partial charge in [-0.3, -0.25) is 0 Å². The van der Waals surface area contributed by atoms with Crippen LogP contribution < -0.4 is 25.3 Å². The second-order valence-electron chi connectivity index (χ2n) is 5.19. The number of ether oxygens (including phenoxy) is 3. The van der Waals surface area contributed by atoms with Gasteiger partial charge in [0.25, 0.3) is 0 Å². The first-order valence-corrected chi connectivity index (χ1v) is 7.50. The maximum absolute atomic E-state index is 5.95. The largest absolute Gasteiger partial charge is 0.493 e. The van der Waals surface area contributed by atoms with Crippen LogP contribution in [0.2, 0.25) is 0 Å². The Bertz CT molecular complexity index is 712. The SMILES string of the molecule is COc1ccc(CN=C(N)Nc2ccc(C)cc2)c(OC)c1OC. The van der Waals surface area contributed by atoms with Crippen LogP contribution in [0.5, 0.6) is 17.2 Å². The Morgan fingerprint density at radius 3 is 2.21 bits per heavy atom. The summed E-state index contributed by atoms with van der Waals surface area (Å²) >= 11 is 0. The minimum absolute atomic E-state index is 0.329. The number of anilines is 1. The maximum Gasteiger partial charge on any atom is 0.203 e. The molecule has 3 N–H and O–H groups in total. The molecule has 0 saturated carbocycles. The molecule has 0 fully saturated rings. The van der Waals surface area contributed by atoms with Gasteiger partial charge in [-0.25, -0.2) is 4.99 Å². The number of aryl methyl sites for hydroxylation is 1. The van der Waals surface area contributed by atoms with Gasteiger partial charge in [0.1, 0.15) is 0 Å². The lowest BCUT2D eigenvalue weighted by atomic mass is 10.1. The summed E-state index contributed by atoms with van der Waals surface area (Å²) < 4.78 is 16.1. The average molecular weight is 329 g/mol. The van der Waals surface area contributed by atoms with Gasteiger partial charge in [0.05, 0.1) is 27.9 Å². The van der Waals surface area contributed by atoms with Crippen molar-refractivity contribution in [3.63, 3.8) is 0 Å². The number of nitrogens with one attached hydrogen (secondary N) is 1. The Kier molecular flexibility index (Phi) is 5.89. The van der Waals surface area contributed by atoms with Gasteiger partial charge < -0.3 is 25.3 Å². The summed E-state index contributed by atoms with van der Waals surface area (Å²) in [6.07, 6.45) is 0. The van der Waals surface area contributed by atoms with Crippen molar-refractivity contribution in [2.45, 2.75) is 13.5 Å². The van der Waals surface area contributed by atoms with E-state index in [9.17, 15) is 0 Å². The molecule has 2 aromatic carbocycles. The molecule has 24 heavy (non-hydrogen) atoms. The number of aliphatic imine (C=N–C) groups is 1. The Labute approximate surface area is 142 Å². The Morgan fingerprint density at radius 1 is 0.958 bits per heavy atom. The van der Waals surface area contributed by atoms with E-state index in [1.807, 2.05) is 43.3 Å². The van der Waals surface area contributed by atoms with E-state index in [4.69, 9.17) is 19.9 Å². The summed E-state index contributed by atoms with van der Waals surface area (Å²) in [6.45, 7) is 2.39. The van der Waals surface area contributed by atoms with Crippen LogP contribution in [0.4, 0.5) is 5.69 Å². The number of guanidine groups is 1. The summed E-state index contributed by atoms with van der Waals surface area (Å²) in [7, 11) is 4.73. The van der Waals surface area contributed by atoms with Crippen molar-refractivity contribution >= 4 is 11.6 Å². The third-order valence-electron chi connectivity index (χ3n) is 3.53. The fourth-order valence-corrected chi connectivity index (χ4v) is 2.28. The predicted octanol–water partition coefficient (Wildman–Crippen LogP) is 2.95. The first-order chi connectivity index (χ1) is 11.6. The highest BCUT2D eigenvalue weighted by Gasteiger charge is 2.15. The first-order valence-electron chi connectivity index (χ1n) is 7.50. The van der Waals surface area contributed by atoms with Gasteiger partial charge >= 0.3 is 0 Å². The molecule has 6 nitrogen and oxygen atoms in total. The number of rotatable bonds is 6. The van der Waals surface area contributed by atoms with Crippen LogP contribution in [0.25, 0.3) is 0 Å². The van der Waals surface area contributed by atoms with E-state index in [2.05, 4.69) is 10.3 Å². The molecular formula is C18H23N3O3. The summed E-state index contributed by atoms with van der Waals surface area (Å²) in [5.74, 6) is 2.06. The maximum atomic E-state index is 5.95. The zero-order valence-electron chi connectivity index (χ0n) is 14.4. The van der Waals surface area contributed by atoms with Crippen molar-refractivity contribution in [3.8, 4) is 17.2 Å². The molecule has 0 aromatic heterocycles. The second kappa shape index (κ2) is 8.10. The lowest BCUT2D eigenvalue weighted by Crippen LogP contribution is -2.22. The van der Waals surface area contributed by atoms with Gasteiger partial charge in [0.2, 0.25) is 5.75 Å². The van der Waals surface area contributed by atoms with Crippen LogP contribution in [-0.2, 0) is 6.54 Å². The topological polar surface area (TPSA) is 78.1 Å². The van der Waals surface area contributed by atoms with Crippen molar-refractivity contribution in [2.75, 3.05) is 26.6 Å². The molecule has 0 aliphatic rings. The smallest absolute Gasteiger partial charge is 0.203 e. The standard InChI is InChI=1S/C18H23N3O3/c1-12-5-8-14(9-6-12)21-18(19)20-11-13-7-10-15(22-2)17(24-4)16(13)23-3/h5-10H,11H2,1-4H3,(H3,19,20,21). The van der Waals surface area contributed by atoms with Crippen LogP contribution >= 0.6 is 0 Å². The highest BCUT2D eigenvalue weighted by molar-refractivity contribution is 5.92. The highest BCUT2D eigenvalue weighted by atomic mass is 16.5. The lowest BCUT2D eigenvalue weighted by molar-refractivity contribution is 0.322. The Hall–Kier alpha value is -2.89. The molecule has 0 bridgehead atoms. The molecular weight excluding hydrogens is 306 g/mol. The van der Waals surface area contributed by atoms with Crippen LogP contribution in [0.1, 0.15) is 11.1 Å². The van der Waals surface area contributed by atoms with Gasteiger partial charge in [0, 0.05) is 11.3 Å². The van der Waals surface area contributed by atoms with E-state index >= 15 is 0 Å². The number of nitrogens with two attached hydrogens (primary N) is 1. The predicted molar refractivity (Wildman–Crippen MR) is 96.2 cm³/mol. The molecule has 0 saturated heterocycles. The van der Waals surface area contributed by atoms with Gasteiger partial charge in [-0.1, -0.05) is 17.7 Å². The highest BCUT2D eigenvalue weighted by Crippen LogP contribution is 2.39. The van der Waals surface area contributed by atoms with E-state index in [0.717, 1.165) is 11.3 Å². The quantitative estimate of drug-likeness (QED) is 0.629. The molecule has 0 unspecified atom stereocenters. The van der Waals surface area contributed by atoms with E-state index in [1.165, 1.54) is 5.56 Å². The fraction of sp³-hybridized carbons (Fsp3) is 0.278. The van der Waals surface area contributed by atoms with Crippen molar-refractivity contribution in [3.05, 3.63) is 47.5 Å². The number of benzene rings is 2. The Balaban J connectivity index is 2.16. The first kappa shape index (κ1) is 17.5. The summed E-state index contributed by atoms with van der Waals surface area (Å²) in [5.41, 5.74) is 8.88. The van der Waals surface area contributed by atoms with E-state index in [1.54, 1.807) is 21.3 Å². The normalized spacial score (nSPS) is 11.1. The van der Waals surface area contributed by atoms with Crippen LogP contribution in [0.3, 0.4) is 0 Å². The molecule has 0 spiro atoms.